The maximum Gasteiger partial charge on any atom is 0.305 e. The lowest BCUT2D eigenvalue weighted by Crippen LogP contribution is -2.70. The van der Waals surface area contributed by atoms with Gasteiger partial charge in [0.15, 0.2) is 22.8 Å². The Morgan fingerprint density at radius 3 is 1.40 bits per heavy atom. The largest absolute Gasteiger partial charge is 0.462 e. The summed E-state index contributed by atoms with van der Waals surface area (Å²) in [6.45, 7) is 4.23. The van der Waals surface area contributed by atoms with Gasteiger partial charge in [0.1, 0.15) is 18.8 Å². The second-order valence-corrected chi connectivity index (χ2v) is 11.9. The van der Waals surface area contributed by atoms with Crippen LogP contribution < -0.4 is 0 Å². The molecule has 0 aromatic heterocycles. The second-order valence-electron chi connectivity index (χ2n) is 11.9. The van der Waals surface area contributed by atoms with Crippen LogP contribution in [0.25, 0.3) is 0 Å². The third-order valence-corrected chi connectivity index (χ3v) is 8.18. The van der Waals surface area contributed by atoms with Gasteiger partial charge < -0.3 is 30.3 Å². The molecule has 0 fully saturated rings. The number of hydrogen-bond acceptors (Lipinski definition) is 9. The third-order valence-electron chi connectivity index (χ3n) is 8.18. The van der Waals surface area contributed by atoms with Crippen LogP contribution in [0.4, 0.5) is 0 Å². The van der Waals surface area contributed by atoms with Crippen molar-refractivity contribution in [1.29, 1.82) is 0 Å². The number of ketones is 2. The molecule has 9 heteroatoms. The van der Waals surface area contributed by atoms with E-state index in [4.69, 9.17) is 4.74 Å². The molecular formula is C33H62O9. The van der Waals surface area contributed by atoms with E-state index in [1.165, 1.54) is 0 Å². The van der Waals surface area contributed by atoms with Crippen molar-refractivity contribution in [2.24, 2.45) is 0 Å². The fourth-order valence-corrected chi connectivity index (χ4v) is 5.20. The molecule has 0 unspecified atom stereocenters. The van der Waals surface area contributed by atoms with Gasteiger partial charge in [0, 0.05) is 19.3 Å². The molecule has 0 aliphatic rings. The van der Waals surface area contributed by atoms with Gasteiger partial charge in [0.25, 0.3) is 0 Å². The maximum absolute atomic E-state index is 13.3. The minimum atomic E-state index is -3.03. The quantitative estimate of drug-likeness (QED) is 0.0579. The lowest BCUT2D eigenvalue weighted by Gasteiger charge is -2.42. The number of rotatable bonds is 29. The number of ether oxygens (including phenoxy) is 1. The SMILES string of the molecule is CCCCCCCCC(=O)OC[C@](O)(C(=O)CCCCCCCC)[C@@H](O)[C@@](O)(C(=O)CCCCCCCC)[C@@H](O)CO. The molecule has 4 atom stereocenters. The van der Waals surface area contributed by atoms with Crippen LogP contribution in [0.5, 0.6) is 0 Å². The van der Waals surface area contributed by atoms with Crippen molar-refractivity contribution < 1.29 is 44.7 Å². The Morgan fingerprint density at radius 2 is 0.976 bits per heavy atom. The number of carbonyl (C=O) groups is 3. The summed E-state index contributed by atoms with van der Waals surface area (Å²) in [5.41, 5.74) is -5.88. The van der Waals surface area contributed by atoms with Crippen molar-refractivity contribution in [3.63, 3.8) is 0 Å². The minimum Gasteiger partial charge on any atom is -0.462 e. The molecule has 0 radical (unpaired) electrons. The Kier molecular flexibility index (Phi) is 23.2. The number of unbranched alkanes of at least 4 members (excludes halogenated alkanes) is 15. The Bertz CT molecular complexity index is 728. The van der Waals surface area contributed by atoms with Crippen LogP contribution in [0.1, 0.15) is 156 Å². The predicted octanol–water partition coefficient (Wildman–Crippen LogP) is 5.10. The van der Waals surface area contributed by atoms with Gasteiger partial charge in [-0.15, -0.1) is 0 Å². The molecule has 0 amide bonds. The first-order chi connectivity index (χ1) is 20.1. The number of aliphatic hydroxyl groups excluding tert-OH is 3. The first-order valence-corrected chi connectivity index (χ1v) is 16.7. The summed E-state index contributed by atoms with van der Waals surface area (Å²) in [6, 6.07) is 0. The molecule has 9 nitrogen and oxygen atoms in total. The van der Waals surface area contributed by atoms with Gasteiger partial charge in [0.05, 0.1) is 6.61 Å². The van der Waals surface area contributed by atoms with E-state index in [1.807, 2.05) is 0 Å². The minimum absolute atomic E-state index is 0.0599. The standard InChI is InChI=1S/C33H62O9/c1-4-7-10-13-16-19-22-27(35)32(40,26-42-30(38)24-21-18-15-12-9-6-3)31(39)33(41,29(37)25-34)28(36)23-20-17-14-11-8-5-2/h29,31,34,37,39-41H,4-26H2,1-3H3/t29-,31+,32-,33+/m0/s1. The molecule has 0 aromatic carbocycles. The Morgan fingerprint density at radius 1 is 0.595 bits per heavy atom. The molecule has 42 heavy (non-hydrogen) atoms. The number of Topliss-reactive ketones (excluding diaryl/α,β-unsaturated/α-hetero) is 2. The molecule has 5 N–H and O–H groups in total. The molecular weight excluding hydrogens is 540 g/mol. The van der Waals surface area contributed by atoms with Gasteiger partial charge in [0.2, 0.25) is 0 Å². The summed E-state index contributed by atoms with van der Waals surface area (Å²) in [4.78, 5) is 39.0. The molecule has 0 saturated heterocycles. The van der Waals surface area contributed by atoms with Crippen molar-refractivity contribution >= 4 is 17.5 Å². The molecule has 0 heterocycles. The van der Waals surface area contributed by atoms with Gasteiger partial charge in [-0.05, 0) is 19.3 Å². The highest BCUT2D eigenvalue weighted by Gasteiger charge is 2.59. The van der Waals surface area contributed by atoms with Gasteiger partial charge in [-0.1, -0.05) is 117 Å². The molecule has 0 aromatic rings. The summed E-state index contributed by atoms with van der Waals surface area (Å²) >= 11 is 0. The third kappa shape index (κ3) is 14.9. The zero-order chi connectivity index (χ0) is 31.9. The van der Waals surface area contributed by atoms with Crippen LogP contribution in [0.15, 0.2) is 0 Å². The first-order valence-electron chi connectivity index (χ1n) is 16.7. The highest BCUT2D eigenvalue weighted by atomic mass is 16.5. The normalized spacial score (nSPS) is 15.9. The van der Waals surface area contributed by atoms with E-state index in [9.17, 15) is 39.9 Å². The van der Waals surface area contributed by atoms with Crippen LogP contribution in [0, 0.1) is 0 Å². The lowest BCUT2D eigenvalue weighted by atomic mass is 9.74. The zero-order valence-electron chi connectivity index (χ0n) is 26.8. The summed E-state index contributed by atoms with van der Waals surface area (Å²) in [6.07, 6.45) is 10.8. The summed E-state index contributed by atoms with van der Waals surface area (Å²) < 4.78 is 5.22. The van der Waals surface area contributed by atoms with Crippen molar-refractivity contribution in [3.05, 3.63) is 0 Å². The summed E-state index contributed by atoms with van der Waals surface area (Å²) in [7, 11) is 0. The maximum atomic E-state index is 13.3. The van der Waals surface area contributed by atoms with E-state index < -0.39 is 54.2 Å². The summed E-state index contributed by atoms with van der Waals surface area (Å²) in [5, 5.41) is 54.3. The lowest BCUT2D eigenvalue weighted by molar-refractivity contribution is -0.221. The predicted molar refractivity (Wildman–Crippen MR) is 164 cm³/mol. The number of hydrogen-bond donors (Lipinski definition) is 5. The average Bonchev–Trinajstić information content (AvgIpc) is 2.99. The molecule has 0 aliphatic carbocycles. The van der Waals surface area contributed by atoms with Crippen molar-refractivity contribution in [2.45, 2.75) is 179 Å². The number of carbonyl (C=O) groups excluding carboxylic acids is 3. The highest BCUT2D eigenvalue weighted by molar-refractivity contribution is 5.93. The van der Waals surface area contributed by atoms with Gasteiger partial charge in [-0.3, -0.25) is 14.4 Å². The second kappa shape index (κ2) is 24.0. The average molecular weight is 603 g/mol. The highest BCUT2D eigenvalue weighted by Crippen LogP contribution is 2.31. The van der Waals surface area contributed by atoms with Crippen LogP contribution in [0.3, 0.4) is 0 Å². The molecule has 0 spiro atoms. The fourth-order valence-electron chi connectivity index (χ4n) is 5.20. The number of aliphatic hydroxyl groups is 5. The Labute approximate surface area is 254 Å². The van der Waals surface area contributed by atoms with Gasteiger partial charge in [-0.2, -0.15) is 0 Å². The Hall–Kier alpha value is -1.39. The van der Waals surface area contributed by atoms with E-state index in [0.717, 1.165) is 83.5 Å². The van der Waals surface area contributed by atoms with Crippen molar-refractivity contribution in [1.82, 2.24) is 0 Å². The first kappa shape index (κ1) is 40.6. The number of esters is 1. The van der Waals surface area contributed by atoms with Crippen molar-refractivity contribution in [3.8, 4) is 0 Å². The molecule has 248 valence electrons. The molecule has 0 bridgehead atoms. The van der Waals surface area contributed by atoms with E-state index in [1.54, 1.807) is 0 Å². The van der Waals surface area contributed by atoms with Gasteiger partial charge in [-0.25, -0.2) is 0 Å². The van der Waals surface area contributed by atoms with E-state index in [-0.39, 0.29) is 19.3 Å². The zero-order valence-corrected chi connectivity index (χ0v) is 26.8. The van der Waals surface area contributed by atoms with Crippen LogP contribution in [-0.4, -0.2) is 79.7 Å². The van der Waals surface area contributed by atoms with E-state index in [0.29, 0.717) is 32.1 Å². The van der Waals surface area contributed by atoms with Gasteiger partial charge >= 0.3 is 5.97 Å². The fraction of sp³-hybridized carbons (Fsp3) is 0.909. The van der Waals surface area contributed by atoms with Crippen molar-refractivity contribution in [2.75, 3.05) is 13.2 Å². The van der Waals surface area contributed by atoms with Crippen LogP contribution in [-0.2, 0) is 19.1 Å². The summed E-state index contributed by atoms with van der Waals surface area (Å²) in [5.74, 6) is -2.56. The van der Waals surface area contributed by atoms with Crippen LogP contribution >= 0.6 is 0 Å². The smallest absolute Gasteiger partial charge is 0.305 e. The molecule has 0 saturated carbocycles. The monoisotopic (exact) mass is 602 g/mol. The van der Waals surface area contributed by atoms with E-state index >= 15 is 0 Å². The van der Waals surface area contributed by atoms with E-state index in [2.05, 4.69) is 20.8 Å². The van der Waals surface area contributed by atoms with Crippen LogP contribution in [0.2, 0.25) is 0 Å². The topological polar surface area (TPSA) is 162 Å². The molecule has 0 aliphatic heterocycles. The molecule has 0 rings (SSSR count). The Balaban J connectivity index is 5.67.